The Labute approximate surface area is 184 Å². The van der Waals surface area contributed by atoms with Crippen LogP contribution in [0.5, 0.6) is 0 Å². The number of benzene rings is 3. The number of amides is 1. The van der Waals surface area contributed by atoms with Crippen molar-refractivity contribution in [1.29, 1.82) is 0 Å². The third-order valence-electron chi connectivity index (χ3n) is 6.08. The van der Waals surface area contributed by atoms with Gasteiger partial charge in [0.05, 0.1) is 6.04 Å². The van der Waals surface area contributed by atoms with Crippen LogP contribution in [0.1, 0.15) is 54.5 Å². The van der Waals surface area contributed by atoms with Gasteiger partial charge in [0.1, 0.15) is 0 Å². The van der Waals surface area contributed by atoms with E-state index in [1.807, 2.05) is 25.1 Å². The molecule has 0 aliphatic heterocycles. The van der Waals surface area contributed by atoms with Gasteiger partial charge in [-0.1, -0.05) is 78.4 Å². The van der Waals surface area contributed by atoms with E-state index in [-0.39, 0.29) is 17.9 Å². The van der Waals surface area contributed by atoms with E-state index in [2.05, 4.69) is 90.6 Å². The summed E-state index contributed by atoms with van der Waals surface area (Å²) in [6.45, 7) is 7.19. The van der Waals surface area contributed by atoms with Gasteiger partial charge in [-0.25, -0.2) is 0 Å². The van der Waals surface area contributed by atoms with Crippen LogP contribution in [0.4, 0.5) is 0 Å². The molecule has 0 saturated heterocycles. The highest BCUT2D eigenvalue weighted by Crippen LogP contribution is 2.35. The number of para-hydroxylation sites is 1. The topological polar surface area (TPSA) is 34.0 Å². The Hall–Kier alpha value is -3.33. The largest absolute Gasteiger partial charge is 0.350 e. The van der Waals surface area contributed by atoms with E-state index in [1.165, 1.54) is 27.6 Å². The van der Waals surface area contributed by atoms with Crippen LogP contribution < -0.4 is 5.32 Å². The maximum Gasteiger partial charge on any atom is 0.221 e. The Bertz CT molecular complexity index is 1160. The summed E-state index contributed by atoms with van der Waals surface area (Å²) >= 11 is 0. The molecule has 1 N–H and O–H groups in total. The molecule has 0 aliphatic rings. The number of aryl methyl sites for hydroxylation is 2. The number of nitrogens with zero attached hydrogens (tertiary/aromatic N) is 1. The standard InChI is InChI=1S/C28H30N2O/c1-4-30-19-26(24-12-8-9-13-27(24)30)25(23-16-14-20(2)15-17-23)18-28(31)29-21(3)22-10-6-5-7-11-22/h5-17,19,21,25H,4,18H2,1-3H3,(H,29,31)/t21-,25+/m1/s1. The lowest BCUT2D eigenvalue weighted by Crippen LogP contribution is -2.28. The van der Waals surface area contributed by atoms with Crippen molar-refractivity contribution in [3.8, 4) is 0 Å². The lowest BCUT2D eigenvalue weighted by atomic mass is 9.87. The highest BCUT2D eigenvalue weighted by molar-refractivity contribution is 5.86. The molecule has 3 nitrogen and oxygen atoms in total. The molecule has 0 aliphatic carbocycles. The van der Waals surface area contributed by atoms with Gasteiger partial charge in [0, 0.05) is 36.0 Å². The van der Waals surface area contributed by atoms with E-state index in [9.17, 15) is 4.79 Å². The van der Waals surface area contributed by atoms with E-state index in [1.54, 1.807) is 0 Å². The van der Waals surface area contributed by atoms with Crippen molar-refractivity contribution < 1.29 is 4.79 Å². The highest BCUT2D eigenvalue weighted by Gasteiger charge is 2.23. The molecule has 4 aromatic rings. The monoisotopic (exact) mass is 410 g/mol. The first kappa shape index (κ1) is 20.9. The van der Waals surface area contributed by atoms with Crippen molar-refractivity contribution in [2.75, 3.05) is 0 Å². The second kappa shape index (κ2) is 9.22. The number of fused-ring (bicyclic) bond motifs is 1. The van der Waals surface area contributed by atoms with Crippen molar-refractivity contribution >= 4 is 16.8 Å². The minimum Gasteiger partial charge on any atom is -0.350 e. The predicted octanol–water partition coefficient (Wildman–Crippen LogP) is 6.37. The van der Waals surface area contributed by atoms with Gasteiger partial charge in [-0.3, -0.25) is 4.79 Å². The van der Waals surface area contributed by atoms with Crippen molar-refractivity contribution in [1.82, 2.24) is 9.88 Å². The third-order valence-corrected chi connectivity index (χ3v) is 6.08. The molecule has 3 aromatic carbocycles. The van der Waals surface area contributed by atoms with Crippen LogP contribution in [0.25, 0.3) is 10.9 Å². The van der Waals surface area contributed by atoms with E-state index < -0.39 is 0 Å². The third kappa shape index (κ3) is 4.56. The number of rotatable bonds is 7. The summed E-state index contributed by atoms with van der Waals surface area (Å²) in [6.07, 6.45) is 2.64. The van der Waals surface area contributed by atoms with Gasteiger partial charge < -0.3 is 9.88 Å². The summed E-state index contributed by atoms with van der Waals surface area (Å²) in [4.78, 5) is 13.1. The Morgan fingerprint density at radius 1 is 0.903 bits per heavy atom. The molecule has 1 amide bonds. The Kier molecular flexibility index (Phi) is 6.22. The molecule has 158 valence electrons. The Balaban J connectivity index is 1.68. The molecular formula is C28H30N2O. The molecule has 0 saturated carbocycles. The minimum absolute atomic E-state index is 0.00118. The fourth-order valence-corrected chi connectivity index (χ4v) is 4.33. The van der Waals surface area contributed by atoms with Crippen LogP contribution in [-0.2, 0) is 11.3 Å². The summed E-state index contributed by atoms with van der Waals surface area (Å²) in [6, 6.07) is 27.2. The van der Waals surface area contributed by atoms with Crippen LogP contribution in [-0.4, -0.2) is 10.5 Å². The molecular weight excluding hydrogens is 380 g/mol. The number of hydrogen-bond acceptors (Lipinski definition) is 1. The minimum atomic E-state index is -0.0237. The Morgan fingerprint density at radius 3 is 2.29 bits per heavy atom. The van der Waals surface area contributed by atoms with Crippen LogP contribution in [0.2, 0.25) is 0 Å². The van der Waals surface area contributed by atoms with Gasteiger partial charge in [0.15, 0.2) is 0 Å². The maximum absolute atomic E-state index is 13.1. The quantitative estimate of drug-likeness (QED) is 0.377. The van der Waals surface area contributed by atoms with Crippen molar-refractivity contribution in [2.24, 2.45) is 0 Å². The first-order valence-electron chi connectivity index (χ1n) is 11.1. The number of carbonyl (C=O) groups excluding carboxylic acids is 1. The molecule has 0 radical (unpaired) electrons. The van der Waals surface area contributed by atoms with Crippen LogP contribution in [0, 0.1) is 6.92 Å². The van der Waals surface area contributed by atoms with Crippen molar-refractivity contribution in [3.63, 3.8) is 0 Å². The summed E-state index contributed by atoms with van der Waals surface area (Å²) in [5, 5.41) is 4.42. The SMILES string of the molecule is CCn1cc([C@@H](CC(=O)N[C@H](C)c2ccccc2)c2ccc(C)cc2)c2ccccc21. The summed E-state index contributed by atoms with van der Waals surface area (Å²) in [5.41, 5.74) is 5.94. The molecule has 0 spiro atoms. The summed E-state index contributed by atoms with van der Waals surface area (Å²) in [5.74, 6) is 0.0662. The zero-order valence-corrected chi connectivity index (χ0v) is 18.5. The van der Waals surface area contributed by atoms with Crippen molar-refractivity contribution in [3.05, 3.63) is 107 Å². The zero-order valence-electron chi connectivity index (χ0n) is 18.5. The maximum atomic E-state index is 13.1. The van der Waals surface area contributed by atoms with E-state index in [0.29, 0.717) is 6.42 Å². The van der Waals surface area contributed by atoms with Gasteiger partial charge in [-0.05, 0) is 43.5 Å². The van der Waals surface area contributed by atoms with Gasteiger partial charge in [-0.15, -0.1) is 0 Å². The summed E-state index contributed by atoms with van der Waals surface area (Å²) < 4.78 is 2.27. The average molecular weight is 411 g/mol. The lowest BCUT2D eigenvalue weighted by molar-refractivity contribution is -0.121. The number of hydrogen-bond donors (Lipinski definition) is 1. The molecule has 1 heterocycles. The van der Waals surface area contributed by atoms with E-state index in [4.69, 9.17) is 0 Å². The molecule has 0 bridgehead atoms. The van der Waals surface area contributed by atoms with Gasteiger partial charge in [0.25, 0.3) is 0 Å². The summed E-state index contributed by atoms with van der Waals surface area (Å²) in [7, 11) is 0. The number of carbonyl (C=O) groups is 1. The average Bonchev–Trinajstić information content (AvgIpc) is 3.17. The highest BCUT2D eigenvalue weighted by atomic mass is 16.1. The van der Waals surface area contributed by atoms with E-state index >= 15 is 0 Å². The smallest absolute Gasteiger partial charge is 0.221 e. The van der Waals surface area contributed by atoms with E-state index in [0.717, 1.165) is 12.1 Å². The predicted molar refractivity (Wildman–Crippen MR) is 128 cm³/mol. The molecule has 3 heteroatoms. The first-order valence-corrected chi connectivity index (χ1v) is 11.1. The molecule has 31 heavy (non-hydrogen) atoms. The zero-order chi connectivity index (χ0) is 21.8. The molecule has 0 fully saturated rings. The second-order valence-corrected chi connectivity index (χ2v) is 8.25. The molecule has 0 unspecified atom stereocenters. The fourth-order valence-electron chi connectivity index (χ4n) is 4.33. The number of aromatic nitrogens is 1. The van der Waals surface area contributed by atoms with Crippen LogP contribution >= 0.6 is 0 Å². The Morgan fingerprint density at radius 2 is 1.58 bits per heavy atom. The van der Waals surface area contributed by atoms with Crippen LogP contribution in [0.3, 0.4) is 0 Å². The molecule has 2 atom stereocenters. The van der Waals surface area contributed by atoms with Gasteiger partial charge >= 0.3 is 0 Å². The normalized spacial score (nSPS) is 13.1. The van der Waals surface area contributed by atoms with Crippen LogP contribution in [0.15, 0.2) is 85.1 Å². The second-order valence-electron chi connectivity index (χ2n) is 8.25. The van der Waals surface area contributed by atoms with Gasteiger partial charge in [0.2, 0.25) is 5.91 Å². The van der Waals surface area contributed by atoms with Gasteiger partial charge in [-0.2, -0.15) is 0 Å². The number of nitrogens with one attached hydrogen (secondary N) is 1. The molecule has 1 aromatic heterocycles. The lowest BCUT2D eigenvalue weighted by Gasteiger charge is -2.20. The fraction of sp³-hybridized carbons (Fsp3) is 0.250. The van der Waals surface area contributed by atoms with Crippen molar-refractivity contribution in [2.45, 2.75) is 45.7 Å². The molecule has 4 rings (SSSR count). The first-order chi connectivity index (χ1) is 15.1.